The molecule has 0 spiro atoms. The van der Waals surface area contributed by atoms with E-state index in [4.69, 9.17) is 15.2 Å². The molecule has 0 radical (unpaired) electrons. The third-order valence-electron chi connectivity index (χ3n) is 3.70. The van der Waals surface area contributed by atoms with Crippen molar-refractivity contribution in [2.24, 2.45) is 11.7 Å². The van der Waals surface area contributed by atoms with Gasteiger partial charge in [0.25, 0.3) is 0 Å². The molecule has 2 unspecified atom stereocenters. The van der Waals surface area contributed by atoms with Crippen LogP contribution in [0, 0.1) is 12.8 Å². The molecular formula is C15H26N2O2. The lowest BCUT2D eigenvalue weighted by atomic mass is 9.88. The zero-order chi connectivity index (χ0) is 14.4. The van der Waals surface area contributed by atoms with Gasteiger partial charge in [0.2, 0.25) is 0 Å². The smallest absolute Gasteiger partial charge is 0.127 e. The maximum atomic E-state index is 5.89. The maximum absolute atomic E-state index is 5.89. The van der Waals surface area contributed by atoms with E-state index >= 15 is 0 Å². The van der Waals surface area contributed by atoms with Crippen LogP contribution in [0.25, 0.3) is 0 Å². The van der Waals surface area contributed by atoms with E-state index in [2.05, 4.69) is 19.2 Å². The molecule has 4 nitrogen and oxygen atoms in total. The molecule has 1 aromatic carbocycles. The fourth-order valence-electron chi connectivity index (χ4n) is 2.57. The van der Waals surface area contributed by atoms with Gasteiger partial charge in [-0.05, 0) is 38.1 Å². The molecule has 0 aliphatic rings. The van der Waals surface area contributed by atoms with Crippen molar-refractivity contribution in [3.05, 3.63) is 23.3 Å². The minimum Gasteiger partial charge on any atom is -0.497 e. The van der Waals surface area contributed by atoms with Crippen LogP contribution >= 0.6 is 0 Å². The first-order chi connectivity index (χ1) is 9.12. The summed E-state index contributed by atoms with van der Waals surface area (Å²) in [5.41, 5.74) is 8.21. The zero-order valence-corrected chi connectivity index (χ0v) is 12.6. The maximum Gasteiger partial charge on any atom is 0.127 e. The first kappa shape index (κ1) is 15.8. The highest BCUT2D eigenvalue weighted by Gasteiger charge is 2.24. The van der Waals surface area contributed by atoms with E-state index in [1.807, 2.05) is 19.2 Å². The molecule has 1 aromatic rings. The lowest BCUT2D eigenvalue weighted by Crippen LogP contribution is -2.31. The van der Waals surface area contributed by atoms with Gasteiger partial charge < -0.3 is 20.5 Å². The average Bonchev–Trinajstić information content (AvgIpc) is 2.44. The predicted octanol–water partition coefficient (Wildman–Crippen LogP) is 2.26. The first-order valence-corrected chi connectivity index (χ1v) is 6.72. The Morgan fingerprint density at radius 1 is 1.26 bits per heavy atom. The van der Waals surface area contributed by atoms with Crippen molar-refractivity contribution in [3.8, 4) is 11.5 Å². The van der Waals surface area contributed by atoms with E-state index in [1.165, 1.54) is 5.56 Å². The van der Waals surface area contributed by atoms with Gasteiger partial charge in [0, 0.05) is 17.7 Å². The predicted molar refractivity (Wildman–Crippen MR) is 78.9 cm³/mol. The summed E-state index contributed by atoms with van der Waals surface area (Å²) >= 11 is 0. The molecule has 0 bridgehead atoms. The molecule has 0 saturated carbocycles. The fraction of sp³-hybridized carbons (Fsp3) is 0.600. The highest BCUT2D eigenvalue weighted by Crippen LogP contribution is 2.36. The van der Waals surface area contributed by atoms with Gasteiger partial charge >= 0.3 is 0 Å². The lowest BCUT2D eigenvalue weighted by molar-refractivity contribution is 0.347. The van der Waals surface area contributed by atoms with Crippen molar-refractivity contribution in [3.63, 3.8) is 0 Å². The van der Waals surface area contributed by atoms with E-state index in [0.717, 1.165) is 23.5 Å². The monoisotopic (exact) mass is 266 g/mol. The van der Waals surface area contributed by atoms with Crippen molar-refractivity contribution >= 4 is 0 Å². The van der Waals surface area contributed by atoms with Gasteiger partial charge in [-0.25, -0.2) is 0 Å². The van der Waals surface area contributed by atoms with E-state index in [0.29, 0.717) is 12.5 Å². The van der Waals surface area contributed by atoms with Crippen LogP contribution in [-0.4, -0.2) is 27.8 Å². The number of methoxy groups -OCH3 is 2. The van der Waals surface area contributed by atoms with Crippen LogP contribution in [0.5, 0.6) is 11.5 Å². The molecule has 0 aliphatic carbocycles. The molecular weight excluding hydrogens is 240 g/mol. The second-order valence-electron chi connectivity index (χ2n) is 4.73. The molecule has 0 aliphatic heterocycles. The summed E-state index contributed by atoms with van der Waals surface area (Å²) in [5.74, 6) is 2.04. The quantitative estimate of drug-likeness (QED) is 0.795. The van der Waals surface area contributed by atoms with Gasteiger partial charge in [-0.2, -0.15) is 0 Å². The van der Waals surface area contributed by atoms with Gasteiger partial charge in [0.1, 0.15) is 11.5 Å². The molecule has 0 amide bonds. The molecule has 0 aromatic heterocycles. The highest BCUT2D eigenvalue weighted by molar-refractivity contribution is 5.48. The Balaban J connectivity index is 3.29. The second-order valence-corrected chi connectivity index (χ2v) is 4.73. The molecule has 0 fully saturated rings. The lowest BCUT2D eigenvalue weighted by Gasteiger charge is -2.28. The van der Waals surface area contributed by atoms with Crippen LogP contribution in [-0.2, 0) is 0 Å². The van der Waals surface area contributed by atoms with Crippen molar-refractivity contribution in [1.29, 1.82) is 0 Å². The summed E-state index contributed by atoms with van der Waals surface area (Å²) in [4.78, 5) is 0. The van der Waals surface area contributed by atoms with Gasteiger partial charge in [0.15, 0.2) is 0 Å². The number of ether oxygens (including phenoxy) is 2. The van der Waals surface area contributed by atoms with Gasteiger partial charge in [-0.15, -0.1) is 0 Å². The Morgan fingerprint density at radius 2 is 1.95 bits per heavy atom. The van der Waals surface area contributed by atoms with Gasteiger partial charge in [-0.3, -0.25) is 0 Å². The summed E-state index contributed by atoms with van der Waals surface area (Å²) in [7, 11) is 5.32. The van der Waals surface area contributed by atoms with E-state index < -0.39 is 0 Å². The highest BCUT2D eigenvalue weighted by atomic mass is 16.5. The number of nitrogens with one attached hydrogen (secondary N) is 1. The summed E-state index contributed by atoms with van der Waals surface area (Å²) in [5, 5.41) is 3.37. The second kappa shape index (κ2) is 7.36. The molecule has 3 N–H and O–H groups in total. The van der Waals surface area contributed by atoms with Crippen molar-refractivity contribution < 1.29 is 9.47 Å². The van der Waals surface area contributed by atoms with E-state index in [-0.39, 0.29) is 6.04 Å². The van der Waals surface area contributed by atoms with E-state index in [1.54, 1.807) is 14.2 Å². The van der Waals surface area contributed by atoms with Crippen LogP contribution in [0.2, 0.25) is 0 Å². The molecule has 0 saturated heterocycles. The van der Waals surface area contributed by atoms with E-state index in [9.17, 15) is 0 Å². The topological polar surface area (TPSA) is 56.5 Å². The zero-order valence-electron chi connectivity index (χ0n) is 12.6. The number of rotatable bonds is 7. The number of aryl methyl sites for hydroxylation is 1. The molecule has 0 heterocycles. The normalized spacial score (nSPS) is 14.0. The number of benzene rings is 1. The summed E-state index contributed by atoms with van der Waals surface area (Å²) in [6, 6.07) is 4.15. The minimum absolute atomic E-state index is 0.191. The van der Waals surface area contributed by atoms with Crippen LogP contribution in [0.3, 0.4) is 0 Å². The van der Waals surface area contributed by atoms with Gasteiger partial charge in [-0.1, -0.05) is 13.3 Å². The van der Waals surface area contributed by atoms with Crippen LogP contribution < -0.4 is 20.5 Å². The SMILES string of the molecule is CCC(CN)C(NC)c1c(C)cc(OC)cc1OC. The standard InChI is InChI=1S/C15H26N2O2/c1-6-11(9-16)15(17-3)14-10(2)7-12(18-4)8-13(14)19-5/h7-8,11,15,17H,6,9,16H2,1-5H3. The third-order valence-corrected chi connectivity index (χ3v) is 3.70. The summed E-state index contributed by atoms with van der Waals surface area (Å²) in [6.07, 6.45) is 1.02. The van der Waals surface area contributed by atoms with Gasteiger partial charge in [0.05, 0.1) is 14.2 Å². The molecule has 1 rings (SSSR count). The first-order valence-electron chi connectivity index (χ1n) is 6.72. The van der Waals surface area contributed by atoms with Crippen LogP contribution in [0.15, 0.2) is 12.1 Å². The molecule has 108 valence electrons. The Labute approximate surface area is 116 Å². The molecule has 4 heteroatoms. The number of hydrogen-bond acceptors (Lipinski definition) is 4. The van der Waals surface area contributed by atoms with Crippen LogP contribution in [0.4, 0.5) is 0 Å². The number of hydrogen-bond donors (Lipinski definition) is 2. The third kappa shape index (κ3) is 3.39. The van der Waals surface area contributed by atoms with Crippen molar-refractivity contribution in [2.45, 2.75) is 26.3 Å². The Morgan fingerprint density at radius 3 is 2.37 bits per heavy atom. The minimum atomic E-state index is 0.191. The largest absolute Gasteiger partial charge is 0.497 e. The average molecular weight is 266 g/mol. The Hall–Kier alpha value is -1.26. The summed E-state index contributed by atoms with van der Waals surface area (Å²) < 4.78 is 10.8. The Kier molecular flexibility index (Phi) is 6.12. The van der Waals surface area contributed by atoms with Crippen molar-refractivity contribution in [1.82, 2.24) is 5.32 Å². The van der Waals surface area contributed by atoms with Crippen LogP contribution in [0.1, 0.15) is 30.5 Å². The Bertz CT molecular complexity index is 403. The summed E-state index contributed by atoms with van der Waals surface area (Å²) in [6.45, 7) is 4.89. The fourth-order valence-corrected chi connectivity index (χ4v) is 2.57. The molecule has 19 heavy (non-hydrogen) atoms. The molecule has 2 atom stereocenters. The number of nitrogens with two attached hydrogens (primary N) is 1. The van der Waals surface area contributed by atoms with Crippen molar-refractivity contribution in [2.75, 3.05) is 27.8 Å².